The summed E-state index contributed by atoms with van der Waals surface area (Å²) in [7, 11) is 0. The third-order valence-corrected chi connectivity index (χ3v) is 2.33. The molecular weight excluding hydrogens is 323 g/mol. The lowest BCUT2D eigenvalue weighted by Crippen LogP contribution is -2.03. The standard InChI is InChI=1S/C7H2F2IN3O2/c8-7(9)5-3(1-11)6(13(14)15)4(10)2-12-5/h2,7H. The Balaban J connectivity index is 3.56. The van der Waals surface area contributed by atoms with Crippen LogP contribution in [0.4, 0.5) is 14.5 Å². The molecule has 0 aliphatic carbocycles. The van der Waals surface area contributed by atoms with Crippen molar-refractivity contribution in [2.45, 2.75) is 6.43 Å². The summed E-state index contributed by atoms with van der Waals surface area (Å²) >= 11 is 1.56. The summed E-state index contributed by atoms with van der Waals surface area (Å²) in [5.41, 5.74) is -2.16. The number of nitrogens with zero attached hydrogens (tertiary/aromatic N) is 3. The van der Waals surface area contributed by atoms with Crippen LogP contribution in [0.3, 0.4) is 0 Å². The largest absolute Gasteiger partial charge is 0.303 e. The van der Waals surface area contributed by atoms with Crippen molar-refractivity contribution in [2.75, 3.05) is 0 Å². The third kappa shape index (κ3) is 2.17. The van der Waals surface area contributed by atoms with E-state index in [9.17, 15) is 18.9 Å². The van der Waals surface area contributed by atoms with Crippen LogP contribution in [-0.4, -0.2) is 9.91 Å². The molecule has 15 heavy (non-hydrogen) atoms. The van der Waals surface area contributed by atoms with Crippen molar-refractivity contribution in [1.29, 1.82) is 5.26 Å². The maximum absolute atomic E-state index is 12.4. The second kappa shape index (κ2) is 4.43. The van der Waals surface area contributed by atoms with Gasteiger partial charge >= 0.3 is 5.69 Å². The fraction of sp³-hybridized carbons (Fsp3) is 0.143. The van der Waals surface area contributed by atoms with Gasteiger partial charge in [-0.05, 0) is 22.6 Å². The molecular formula is C7H2F2IN3O2. The van der Waals surface area contributed by atoms with Crippen LogP contribution in [0.15, 0.2) is 6.20 Å². The highest BCUT2D eigenvalue weighted by atomic mass is 127. The maximum Gasteiger partial charge on any atom is 0.303 e. The highest BCUT2D eigenvalue weighted by Crippen LogP contribution is 2.30. The molecule has 0 N–H and O–H groups in total. The molecule has 0 atom stereocenters. The first-order chi connectivity index (χ1) is 6.99. The number of hydrogen-bond acceptors (Lipinski definition) is 4. The molecule has 0 bridgehead atoms. The van der Waals surface area contributed by atoms with Crippen LogP contribution in [0.5, 0.6) is 0 Å². The van der Waals surface area contributed by atoms with E-state index in [1.807, 2.05) is 0 Å². The molecule has 0 saturated heterocycles. The number of hydrogen-bond donors (Lipinski definition) is 0. The molecule has 1 aromatic rings. The zero-order valence-corrected chi connectivity index (χ0v) is 9.10. The maximum atomic E-state index is 12.4. The monoisotopic (exact) mass is 325 g/mol. The van der Waals surface area contributed by atoms with E-state index in [-0.39, 0.29) is 3.57 Å². The Morgan fingerprint density at radius 1 is 1.67 bits per heavy atom. The van der Waals surface area contributed by atoms with E-state index >= 15 is 0 Å². The van der Waals surface area contributed by atoms with Gasteiger partial charge in [-0.25, -0.2) is 8.78 Å². The smallest absolute Gasteiger partial charge is 0.258 e. The first-order valence-electron chi connectivity index (χ1n) is 3.50. The summed E-state index contributed by atoms with van der Waals surface area (Å²) in [6, 6.07) is 1.38. The normalized spacial score (nSPS) is 10.1. The van der Waals surface area contributed by atoms with Crippen molar-refractivity contribution in [2.24, 2.45) is 0 Å². The molecule has 0 amide bonds. The number of nitriles is 1. The summed E-state index contributed by atoms with van der Waals surface area (Å²) in [4.78, 5) is 13.0. The van der Waals surface area contributed by atoms with Crippen molar-refractivity contribution in [1.82, 2.24) is 4.98 Å². The molecule has 78 valence electrons. The van der Waals surface area contributed by atoms with Crippen LogP contribution < -0.4 is 0 Å². The van der Waals surface area contributed by atoms with Gasteiger partial charge in [-0.2, -0.15) is 5.26 Å². The van der Waals surface area contributed by atoms with Gasteiger partial charge in [-0.3, -0.25) is 15.1 Å². The van der Waals surface area contributed by atoms with Crippen LogP contribution in [0.25, 0.3) is 0 Å². The van der Waals surface area contributed by atoms with E-state index in [0.29, 0.717) is 0 Å². The minimum absolute atomic E-state index is 0.0542. The Morgan fingerprint density at radius 3 is 2.67 bits per heavy atom. The molecule has 0 aliphatic rings. The fourth-order valence-electron chi connectivity index (χ4n) is 0.947. The van der Waals surface area contributed by atoms with Gasteiger partial charge in [0.1, 0.15) is 15.3 Å². The lowest BCUT2D eigenvalue weighted by molar-refractivity contribution is -0.386. The molecule has 5 nitrogen and oxygen atoms in total. The molecule has 0 aliphatic heterocycles. The van der Waals surface area contributed by atoms with Crippen LogP contribution in [0.2, 0.25) is 0 Å². The average Bonchev–Trinajstić information content (AvgIpc) is 2.15. The van der Waals surface area contributed by atoms with Crippen LogP contribution >= 0.6 is 22.6 Å². The summed E-state index contributed by atoms with van der Waals surface area (Å²) in [5, 5.41) is 19.1. The quantitative estimate of drug-likeness (QED) is 0.475. The van der Waals surface area contributed by atoms with Gasteiger partial charge in [0.25, 0.3) is 6.43 Å². The molecule has 0 unspecified atom stereocenters. The second-order valence-electron chi connectivity index (χ2n) is 2.38. The highest BCUT2D eigenvalue weighted by molar-refractivity contribution is 14.1. The van der Waals surface area contributed by atoms with Crippen molar-refractivity contribution in [3.05, 3.63) is 31.1 Å². The first kappa shape index (κ1) is 11.7. The van der Waals surface area contributed by atoms with Gasteiger partial charge in [-0.1, -0.05) is 0 Å². The van der Waals surface area contributed by atoms with Crippen molar-refractivity contribution in [3.63, 3.8) is 0 Å². The lowest BCUT2D eigenvalue weighted by Gasteiger charge is -2.03. The number of rotatable bonds is 2. The second-order valence-corrected chi connectivity index (χ2v) is 3.55. The van der Waals surface area contributed by atoms with Gasteiger partial charge in [0, 0.05) is 6.20 Å². The Hall–Kier alpha value is -1.37. The van der Waals surface area contributed by atoms with Crippen molar-refractivity contribution in [3.8, 4) is 6.07 Å². The van der Waals surface area contributed by atoms with Crippen molar-refractivity contribution < 1.29 is 13.7 Å². The molecule has 1 rings (SSSR count). The first-order valence-corrected chi connectivity index (χ1v) is 4.58. The number of aromatic nitrogens is 1. The molecule has 0 fully saturated rings. The van der Waals surface area contributed by atoms with Crippen LogP contribution in [0, 0.1) is 25.0 Å². The van der Waals surface area contributed by atoms with E-state index < -0.39 is 28.3 Å². The minimum Gasteiger partial charge on any atom is -0.258 e. The molecule has 0 radical (unpaired) electrons. The summed E-state index contributed by atoms with van der Waals surface area (Å²) < 4.78 is 24.8. The summed E-state index contributed by atoms with van der Waals surface area (Å²) in [6.07, 6.45) is -2.06. The predicted octanol–water partition coefficient (Wildman–Crippen LogP) is 2.40. The number of alkyl halides is 2. The van der Waals surface area contributed by atoms with Crippen LogP contribution in [0.1, 0.15) is 17.7 Å². The molecule has 0 spiro atoms. The molecule has 8 heteroatoms. The number of nitro groups is 1. The van der Waals surface area contributed by atoms with Crippen LogP contribution in [-0.2, 0) is 0 Å². The van der Waals surface area contributed by atoms with E-state index in [4.69, 9.17) is 5.26 Å². The topological polar surface area (TPSA) is 79.8 Å². The van der Waals surface area contributed by atoms with E-state index in [2.05, 4.69) is 4.98 Å². The van der Waals surface area contributed by atoms with E-state index in [1.165, 1.54) is 6.07 Å². The minimum atomic E-state index is -3.00. The van der Waals surface area contributed by atoms with Gasteiger partial charge in [0.2, 0.25) is 0 Å². The SMILES string of the molecule is N#Cc1c(C(F)F)ncc(I)c1[N+](=O)[O-]. The number of halogens is 3. The summed E-state index contributed by atoms with van der Waals surface area (Å²) in [6.45, 7) is 0. The molecule has 1 aromatic heterocycles. The highest BCUT2D eigenvalue weighted by Gasteiger charge is 2.27. The molecule has 1 heterocycles. The molecule has 0 aromatic carbocycles. The van der Waals surface area contributed by atoms with Gasteiger partial charge in [0.05, 0.1) is 4.92 Å². The third-order valence-electron chi connectivity index (χ3n) is 1.54. The number of pyridine rings is 1. The Bertz CT molecular complexity index is 458. The average molecular weight is 325 g/mol. The zero-order chi connectivity index (χ0) is 11.6. The predicted molar refractivity (Wildman–Crippen MR) is 53.3 cm³/mol. The van der Waals surface area contributed by atoms with Gasteiger partial charge < -0.3 is 0 Å². The Kier molecular flexibility index (Phi) is 3.46. The fourth-order valence-corrected chi connectivity index (χ4v) is 1.55. The van der Waals surface area contributed by atoms with Crippen molar-refractivity contribution >= 4 is 28.3 Å². The van der Waals surface area contributed by atoms with E-state index in [1.54, 1.807) is 22.6 Å². The molecule has 0 saturated carbocycles. The van der Waals surface area contributed by atoms with Gasteiger partial charge in [0.15, 0.2) is 5.56 Å². The zero-order valence-electron chi connectivity index (χ0n) is 6.95. The lowest BCUT2D eigenvalue weighted by atomic mass is 10.2. The Morgan fingerprint density at radius 2 is 2.27 bits per heavy atom. The summed E-state index contributed by atoms with van der Waals surface area (Å²) in [5.74, 6) is 0. The Labute approximate surface area is 96.0 Å². The van der Waals surface area contributed by atoms with E-state index in [0.717, 1.165) is 6.20 Å². The van der Waals surface area contributed by atoms with Gasteiger partial charge in [-0.15, -0.1) is 0 Å².